The Bertz CT molecular complexity index is 1470. The molecule has 9 heteroatoms. The van der Waals surface area contributed by atoms with Gasteiger partial charge in [0.15, 0.2) is 0 Å². The average molecular weight is 527 g/mol. The number of nitrogens with one attached hydrogen (secondary N) is 1. The highest BCUT2D eigenvalue weighted by molar-refractivity contribution is 6.02. The number of anilines is 2. The molecule has 0 spiro atoms. The Morgan fingerprint density at radius 1 is 1.08 bits per heavy atom. The van der Waals surface area contributed by atoms with Gasteiger partial charge in [0.05, 0.1) is 12.7 Å². The summed E-state index contributed by atoms with van der Waals surface area (Å²) in [7, 11) is 1.65. The van der Waals surface area contributed by atoms with Crippen molar-refractivity contribution in [2.45, 2.75) is 45.1 Å². The van der Waals surface area contributed by atoms with Crippen molar-refractivity contribution in [2.24, 2.45) is 0 Å². The van der Waals surface area contributed by atoms with Crippen LogP contribution in [0.4, 0.5) is 11.5 Å². The van der Waals surface area contributed by atoms with Gasteiger partial charge in [-0.15, -0.1) is 0 Å². The number of pyridine rings is 1. The molecule has 5 rings (SSSR count). The Morgan fingerprint density at radius 3 is 2.44 bits per heavy atom. The molecule has 1 amide bonds. The third-order valence-electron chi connectivity index (χ3n) is 7.68. The number of amides is 1. The molecule has 1 aliphatic carbocycles. The molecule has 1 saturated heterocycles. The number of carbonyl (C=O) groups is 1. The van der Waals surface area contributed by atoms with Gasteiger partial charge in [-0.1, -0.05) is 25.3 Å². The van der Waals surface area contributed by atoms with Crippen molar-refractivity contribution in [1.29, 1.82) is 5.26 Å². The second-order valence-corrected chi connectivity index (χ2v) is 10.2. The number of methoxy groups -OCH3 is 1. The second kappa shape index (κ2) is 11.6. The molecule has 202 valence electrons. The van der Waals surface area contributed by atoms with Gasteiger partial charge in [-0.05, 0) is 61.7 Å². The van der Waals surface area contributed by atoms with Crippen molar-refractivity contribution in [2.75, 3.05) is 43.1 Å². The van der Waals surface area contributed by atoms with Crippen LogP contribution < -0.4 is 25.4 Å². The first-order chi connectivity index (χ1) is 19.0. The molecule has 3 aromatic rings. The van der Waals surface area contributed by atoms with Crippen molar-refractivity contribution in [3.05, 3.63) is 69.6 Å². The standard InChI is InChI=1S/C30H34N6O3/c1-21-7-6-14-36-27(21)33-28(35-17-15-34(16-18-35)24-10-12-25(39-2)13-11-24)26(30(36)38)19-22(20-31)29(37)32-23-8-4-3-5-9-23/h6-7,10-14,19,23H,3-5,8-9,15-18H2,1-2H3,(H,32,37)/b22-19+. The van der Waals surface area contributed by atoms with Crippen LogP contribution in [0.1, 0.15) is 43.2 Å². The van der Waals surface area contributed by atoms with Crippen LogP contribution in [-0.4, -0.2) is 54.6 Å². The Morgan fingerprint density at radius 2 is 1.77 bits per heavy atom. The maximum atomic E-state index is 13.7. The zero-order chi connectivity index (χ0) is 27.4. The molecule has 3 heterocycles. The van der Waals surface area contributed by atoms with E-state index < -0.39 is 5.91 Å². The first kappa shape index (κ1) is 26.3. The topological polar surface area (TPSA) is 103 Å². The molecule has 0 unspecified atom stereocenters. The van der Waals surface area contributed by atoms with E-state index >= 15 is 0 Å². The van der Waals surface area contributed by atoms with Crippen LogP contribution in [0.5, 0.6) is 5.75 Å². The summed E-state index contributed by atoms with van der Waals surface area (Å²) in [5, 5.41) is 12.9. The molecule has 1 saturated carbocycles. The zero-order valence-corrected chi connectivity index (χ0v) is 22.5. The van der Waals surface area contributed by atoms with E-state index in [0.29, 0.717) is 24.6 Å². The SMILES string of the molecule is COc1ccc(N2CCN(c3nc4c(C)cccn4c(=O)c3/C=C(\C#N)C(=O)NC3CCCCC3)CC2)cc1. The lowest BCUT2D eigenvalue weighted by Gasteiger charge is -2.37. The first-order valence-electron chi connectivity index (χ1n) is 13.6. The summed E-state index contributed by atoms with van der Waals surface area (Å²) in [6.45, 7) is 4.66. The molecule has 2 aliphatic rings. The number of carbonyl (C=O) groups excluding carboxylic acids is 1. The van der Waals surface area contributed by atoms with Crippen molar-refractivity contribution in [1.82, 2.24) is 14.7 Å². The van der Waals surface area contributed by atoms with E-state index in [9.17, 15) is 14.9 Å². The minimum absolute atomic E-state index is 0.0620. The lowest BCUT2D eigenvalue weighted by molar-refractivity contribution is -0.117. The Kier molecular flexibility index (Phi) is 7.82. The van der Waals surface area contributed by atoms with E-state index in [-0.39, 0.29) is 22.7 Å². The summed E-state index contributed by atoms with van der Waals surface area (Å²) in [6, 6.07) is 13.8. The van der Waals surface area contributed by atoms with E-state index in [0.717, 1.165) is 55.8 Å². The predicted octanol–water partition coefficient (Wildman–Crippen LogP) is 3.69. The molecule has 1 N–H and O–H groups in total. The number of piperazine rings is 1. The van der Waals surface area contributed by atoms with Gasteiger partial charge in [0.25, 0.3) is 11.5 Å². The highest BCUT2D eigenvalue weighted by atomic mass is 16.5. The smallest absolute Gasteiger partial charge is 0.267 e. The lowest BCUT2D eigenvalue weighted by Crippen LogP contribution is -2.47. The summed E-state index contributed by atoms with van der Waals surface area (Å²) in [5.41, 5.74) is 2.42. The summed E-state index contributed by atoms with van der Waals surface area (Å²) in [5.74, 6) is 0.876. The van der Waals surface area contributed by atoms with Crippen molar-refractivity contribution >= 4 is 29.1 Å². The van der Waals surface area contributed by atoms with Gasteiger partial charge < -0.3 is 19.9 Å². The Balaban J connectivity index is 1.47. The fraction of sp³-hybridized carbons (Fsp3) is 0.400. The number of aryl methyl sites for hydroxylation is 1. The van der Waals surface area contributed by atoms with Crippen LogP contribution in [0.15, 0.2) is 53.0 Å². The predicted molar refractivity (Wildman–Crippen MR) is 152 cm³/mol. The number of hydrogen-bond acceptors (Lipinski definition) is 7. The van der Waals surface area contributed by atoms with E-state index in [1.54, 1.807) is 19.4 Å². The van der Waals surface area contributed by atoms with Crippen molar-refractivity contribution in [3.8, 4) is 11.8 Å². The summed E-state index contributed by atoms with van der Waals surface area (Å²) < 4.78 is 6.77. The third-order valence-corrected chi connectivity index (χ3v) is 7.68. The van der Waals surface area contributed by atoms with E-state index in [4.69, 9.17) is 9.72 Å². The van der Waals surface area contributed by atoms with Crippen molar-refractivity contribution < 1.29 is 9.53 Å². The monoisotopic (exact) mass is 526 g/mol. The first-order valence-corrected chi connectivity index (χ1v) is 13.6. The normalized spacial score (nSPS) is 16.7. The lowest BCUT2D eigenvalue weighted by atomic mass is 9.95. The molecule has 2 aromatic heterocycles. The fourth-order valence-electron chi connectivity index (χ4n) is 5.44. The number of ether oxygens (including phenoxy) is 1. The molecule has 1 aliphatic heterocycles. The quantitative estimate of drug-likeness (QED) is 0.386. The molecule has 9 nitrogen and oxygen atoms in total. The van der Waals surface area contributed by atoms with Crippen LogP contribution in [-0.2, 0) is 4.79 Å². The Labute approximate surface area is 228 Å². The van der Waals surface area contributed by atoms with Gasteiger partial charge >= 0.3 is 0 Å². The van der Waals surface area contributed by atoms with Gasteiger partial charge in [0, 0.05) is 44.1 Å². The summed E-state index contributed by atoms with van der Waals surface area (Å²) in [4.78, 5) is 36.1. The van der Waals surface area contributed by atoms with E-state index in [1.165, 1.54) is 16.9 Å². The van der Waals surface area contributed by atoms with Crippen LogP contribution in [0.25, 0.3) is 11.7 Å². The number of nitriles is 1. The highest BCUT2D eigenvalue weighted by Crippen LogP contribution is 2.25. The molecule has 1 aromatic carbocycles. The maximum Gasteiger partial charge on any atom is 0.267 e. The van der Waals surface area contributed by atoms with Gasteiger partial charge in [0.1, 0.15) is 28.9 Å². The van der Waals surface area contributed by atoms with Gasteiger partial charge in [-0.3, -0.25) is 14.0 Å². The number of nitrogens with zero attached hydrogens (tertiary/aromatic N) is 5. The van der Waals surface area contributed by atoms with Gasteiger partial charge in [-0.25, -0.2) is 4.98 Å². The average Bonchev–Trinajstić information content (AvgIpc) is 2.97. The van der Waals surface area contributed by atoms with Crippen LogP contribution in [0.2, 0.25) is 0 Å². The molecule has 2 fully saturated rings. The molecular weight excluding hydrogens is 492 g/mol. The number of hydrogen-bond donors (Lipinski definition) is 1. The molecule has 39 heavy (non-hydrogen) atoms. The van der Waals surface area contributed by atoms with Crippen LogP contribution >= 0.6 is 0 Å². The van der Waals surface area contributed by atoms with Crippen LogP contribution in [0.3, 0.4) is 0 Å². The molecule has 0 bridgehead atoms. The molecule has 0 atom stereocenters. The number of rotatable bonds is 6. The number of aromatic nitrogens is 2. The Hall–Kier alpha value is -4.32. The number of benzene rings is 1. The summed E-state index contributed by atoms with van der Waals surface area (Å²) >= 11 is 0. The third kappa shape index (κ3) is 5.60. The fourth-order valence-corrected chi connectivity index (χ4v) is 5.44. The second-order valence-electron chi connectivity index (χ2n) is 10.2. The minimum Gasteiger partial charge on any atom is -0.497 e. The van der Waals surface area contributed by atoms with E-state index in [2.05, 4.69) is 15.1 Å². The van der Waals surface area contributed by atoms with Gasteiger partial charge in [-0.2, -0.15) is 5.26 Å². The largest absolute Gasteiger partial charge is 0.497 e. The molecular formula is C30H34N6O3. The van der Waals surface area contributed by atoms with Crippen molar-refractivity contribution in [3.63, 3.8) is 0 Å². The van der Waals surface area contributed by atoms with Crippen LogP contribution in [0, 0.1) is 18.3 Å². The minimum atomic E-state index is -0.437. The van der Waals surface area contributed by atoms with E-state index in [1.807, 2.05) is 43.3 Å². The zero-order valence-electron chi connectivity index (χ0n) is 22.5. The van der Waals surface area contributed by atoms with Gasteiger partial charge in [0.2, 0.25) is 0 Å². The molecule has 0 radical (unpaired) electrons. The number of fused-ring (bicyclic) bond motifs is 1. The summed E-state index contributed by atoms with van der Waals surface area (Å²) in [6.07, 6.45) is 8.22. The maximum absolute atomic E-state index is 13.7. The highest BCUT2D eigenvalue weighted by Gasteiger charge is 2.25.